The molecule has 10 fully saturated rings. The Kier molecular flexibility index (Phi) is 38.4. The molecule has 0 aliphatic carbocycles. The number of carboxylic acid groups (broad SMARTS) is 1. The van der Waals surface area contributed by atoms with Crippen LogP contribution in [0.4, 0.5) is 0 Å². The number of nitrogens with one attached hydrogen (secondary N) is 5. The lowest BCUT2D eigenvalue weighted by atomic mass is 9.88. The van der Waals surface area contributed by atoms with Crippen LogP contribution in [0.1, 0.15) is 48.0 Å². The minimum Gasteiger partial charge on any atom is -0.477 e. The van der Waals surface area contributed by atoms with Crippen LogP contribution in [0.15, 0.2) is 0 Å². The van der Waals surface area contributed by atoms with Crippen LogP contribution in [0.2, 0.25) is 0 Å². The van der Waals surface area contributed by atoms with E-state index in [2.05, 4.69) is 26.6 Å². The molecular weight excluding hydrogens is 1790 g/mol. The summed E-state index contributed by atoms with van der Waals surface area (Å²) in [7, 11) is 0. The number of aliphatic hydroxyl groups excluding tert-OH is 27. The highest BCUT2D eigenvalue weighted by Crippen LogP contribution is 2.43. The first kappa shape index (κ1) is 108. The van der Waals surface area contributed by atoms with Crippen molar-refractivity contribution < 1.29 is 262 Å². The van der Waals surface area contributed by atoms with E-state index in [1.54, 1.807) is 0 Å². The first-order valence-corrected chi connectivity index (χ1v) is 41.6. The number of aliphatic hydroxyl groups is 27. The van der Waals surface area contributed by atoms with Gasteiger partial charge in [-0.05, 0) is 6.92 Å². The highest BCUT2D eigenvalue weighted by Gasteiger charge is 2.64. The average molecular weight is 1920 g/mol. The highest BCUT2D eigenvalue weighted by atomic mass is 16.8. The fraction of sp³-hybridized carbons (Fsp3) is 0.918. The van der Waals surface area contributed by atoms with E-state index in [0.717, 1.165) is 34.6 Å². The van der Waals surface area contributed by atoms with Gasteiger partial charge in [-0.15, -0.1) is 0 Å². The number of carboxylic acids is 1. The summed E-state index contributed by atoms with van der Waals surface area (Å²) in [6.07, 6.45) is -99.5. The van der Waals surface area contributed by atoms with Crippen LogP contribution in [-0.2, 0) is 119 Å². The highest BCUT2D eigenvalue weighted by molar-refractivity contribution is 5.77. The second kappa shape index (κ2) is 46.6. The number of hydrogen-bond donors (Lipinski definition) is 33. The third-order valence-electron chi connectivity index (χ3n) is 23.8. The maximum absolute atomic E-state index is 13.5. The summed E-state index contributed by atoms with van der Waals surface area (Å²) in [6.45, 7) is -4.71. The normalized spacial score (nSPS) is 47.5. The Balaban J connectivity index is 0.996. The molecule has 51 atom stereocenters. The van der Waals surface area contributed by atoms with E-state index in [1.165, 1.54) is 6.92 Å². The van der Waals surface area contributed by atoms with E-state index in [0.29, 0.717) is 0 Å². The third-order valence-corrected chi connectivity index (χ3v) is 23.8. The molecule has 1 unspecified atom stereocenters. The van der Waals surface area contributed by atoms with E-state index >= 15 is 0 Å². The number of amides is 5. The van der Waals surface area contributed by atoms with Gasteiger partial charge in [0.1, 0.15) is 232 Å². The van der Waals surface area contributed by atoms with Gasteiger partial charge in [-0.1, -0.05) is 0 Å². The summed E-state index contributed by atoms with van der Waals surface area (Å²) in [5, 5.41) is 327. The van der Waals surface area contributed by atoms with Crippen LogP contribution in [0.25, 0.3) is 0 Å². The Morgan fingerprint density at radius 2 is 0.695 bits per heavy atom. The summed E-state index contributed by atoms with van der Waals surface area (Å²) in [6, 6.07) is -9.59. The lowest BCUT2D eigenvalue weighted by Gasteiger charge is -2.52. The van der Waals surface area contributed by atoms with Gasteiger partial charge >= 0.3 is 5.97 Å². The molecule has 0 aromatic rings. The molecule has 10 saturated heterocycles. The molecule has 131 heavy (non-hydrogen) atoms. The summed E-state index contributed by atoms with van der Waals surface area (Å²) in [4.78, 5) is 77.5. The predicted octanol–water partition coefficient (Wildman–Crippen LogP) is -21.9. The van der Waals surface area contributed by atoms with Gasteiger partial charge in [-0.2, -0.15) is 0 Å². The molecule has 756 valence electrons. The van der Waals surface area contributed by atoms with Crippen molar-refractivity contribution in [2.24, 2.45) is 0 Å². The largest absolute Gasteiger partial charge is 0.477 e. The molecule has 0 radical (unpaired) electrons. The van der Waals surface area contributed by atoms with Gasteiger partial charge in [-0.3, -0.25) is 24.0 Å². The van der Waals surface area contributed by atoms with Gasteiger partial charge in [-0.25, -0.2) is 4.79 Å². The summed E-state index contributed by atoms with van der Waals surface area (Å²) < 4.78 is 113. The number of carbonyl (C=O) groups excluding carboxylic acids is 5. The minimum absolute atomic E-state index is 0.841. The van der Waals surface area contributed by atoms with Gasteiger partial charge in [0.25, 0.3) is 5.79 Å². The zero-order valence-corrected chi connectivity index (χ0v) is 70.7. The second-order valence-electron chi connectivity index (χ2n) is 33.2. The van der Waals surface area contributed by atoms with Crippen LogP contribution < -0.4 is 26.6 Å². The first-order chi connectivity index (χ1) is 61.7. The minimum atomic E-state index is -3.36. The number of ether oxygens (including phenoxy) is 19. The van der Waals surface area contributed by atoms with Crippen molar-refractivity contribution in [1.29, 1.82) is 0 Å². The van der Waals surface area contributed by atoms with Crippen molar-refractivity contribution in [3.05, 3.63) is 0 Å². The van der Waals surface area contributed by atoms with Crippen molar-refractivity contribution in [2.75, 3.05) is 59.5 Å². The number of carbonyl (C=O) groups is 6. The topological polar surface area (TPSA) is 904 Å². The lowest BCUT2D eigenvalue weighted by molar-refractivity contribution is -0.400. The van der Waals surface area contributed by atoms with E-state index in [4.69, 9.17) is 90.0 Å². The zero-order chi connectivity index (χ0) is 96.9. The van der Waals surface area contributed by atoms with Crippen molar-refractivity contribution >= 4 is 35.5 Å². The maximum Gasteiger partial charge on any atom is 0.364 e. The standard InChI is InChI=1S/C73H121N5O53/c1-17-38(93)49(104)52(107)67(115-17)113-16-32-56(47(102)34(63(110)116-32)75-19(3)87)124-65-36(77-21(5)89)48(103)55(30(14-85)122-65)125-68-53(108)59(45(100)31(123-68)15-114-70-61(50(105)41(96)26(10-81)120-70)128-64-35(76-20(4)88)46(101)40(95)25(9-80)117-64)127-71-62(51(106)42(97)27(11-82)121-71)129-66-37(78-22(6)90)57(43(98)28(12-83)118-66)126-69-54(109)60(44(99)29(13-84)119-69)131-73(72(111)112)7-23(91)33(74-18(2)86)58(130-73)39(94)24(92)8-79/h17,23-71,79-85,91-110H,7-16H2,1-6H3,(H,74,86)(H,75,87)(H,76,88)(H,77,89)(H,78,90)(H,111,112)/t17-,23-,24+,25+,26+,27+,28+,29+,30+,31+,32+,33+,34+,35+,36+,37-,38+,39+,40+,41+,42+,43+,44-,45+,46+,47+,48+,49+,50-,51-,52-,53-,54+,55+,56+,57+,58+,59-,60-,61-,62-,63?,64-,65-,66-,67+,68-,69-,70-,71+,73-/m0/s1. The van der Waals surface area contributed by atoms with Gasteiger partial charge in [0.15, 0.2) is 56.6 Å². The quantitative estimate of drug-likeness (QED) is 0.0280. The first-order valence-electron chi connectivity index (χ1n) is 41.6. The average Bonchev–Trinajstić information content (AvgIpc) is 0.752. The van der Waals surface area contributed by atoms with E-state index < -0.39 is 414 Å². The Morgan fingerprint density at radius 1 is 0.328 bits per heavy atom. The fourth-order valence-corrected chi connectivity index (χ4v) is 16.9. The molecule has 0 saturated carbocycles. The van der Waals surface area contributed by atoms with E-state index in [1.807, 2.05) is 0 Å². The maximum atomic E-state index is 13.5. The van der Waals surface area contributed by atoms with Crippen molar-refractivity contribution in [2.45, 2.75) is 360 Å². The number of aliphatic carboxylic acids is 1. The Labute approximate surface area is 741 Å². The fourth-order valence-electron chi connectivity index (χ4n) is 16.9. The Hall–Kier alpha value is -5.02. The molecule has 0 aromatic heterocycles. The van der Waals surface area contributed by atoms with E-state index in [9.17, 15) is 172 Å². The molecule has 10 aliphatic rings. The van der Waals surface area contributed by atoms with Crippen LogP contribution in [-0.4, -0.2) is 550 Å². The molecule has 0 spiro atoms. The summed E-state index contributed by atoms with van der Waals surface area (Å²) in [5.41, 5.74) is 0. The molecule has 5 amide bonds. The summed E-state index contributed by atoms with van der Waals surface area (Å²) >= 11 is 0. The molecule has 0 aromatic carbocycles. The monoisotopic (exact) mass is 1920 g/mol. The Morgan fingerprint density at radius 3 is 1.21 bits per heavy atom. The summed E-state index contributed by atoms with van der Waals surface area (Å²) in [5.74, 6) is -10.3. The lowest BCUT2D eigenvalue weighted by Crippen LogP contribution is -2.72. The predicted molar refractivity (Wildman–Crippen MR) is 403 cm³/mol. The smallest absolute Gasteiger partial charge is 0.364 e. The van der Waals surface area contributed by atoms with Gasteiger partial charge in [0, 0.05) is 41.0 Å². The van der Waals surface area contributed by atoms with Crippen LogP contribution in [0.5, 0.6) is 0 Å². The molecule has 58 heteroatoms. The second-order valence-corrected chi connectivity index (χ2v) is 33.2. The van der Waals surface area contributed by atoms with Crippen LogP contribution in [0.3, 0.4) is 0 Å². The molecule has 10 rings (SSSR count). The van der Waals surface area contributed by atoms with Gasteiger partial charge in [0.05, 0.1) is 77.7 Å². The molecule has 58 nitrogen and oxygen atoms in total. The molecule has 0 bridgehead atoms. The van der Waals surface area contributed by atoms with Crippen LogP contribution >= 0.6 is 0 Å². The molecular formula is C73H121N5O53. The molecule has 10 aliphatic heterocycles. The third kappa shape index (κ3) is 24.1. The van der Waals surface area contributed by atoms with Gasteiger partial charge in [0.2, 0.25) is 29.5 Å². The molecule has 10 heterocycles. The van der Waals surface area contributed by atoms with Gasteiger partial charge < -0.3 is 260 Å². The van der Waals surface area contributed by atoms with Crippen molar-refractivity contribution in [3.63, 3.8) is 0 Å². The van der Waals surface area contributed by atoms with Crippen molar-refractivity contribution in [3.8, 4) is 0 Å². The SMILES string of the molecule is CC(=O)N[C@@H]1[C@H](O[C@@H]2[C@@H](O[C@@H]3[C@H](O)[C@H](O[C@H]4[C@H](O)[C@@H](NC(C)=O)[C@H](O[C@H]5[C@H](O)[C@@H](NC(C)=O)C(O)O[C@@H]5CO[C@@H]5O[C@@H](C)[C@@H](O)[C@@H](O)[C@@H]5O)O[C@@H]4CO)O[C@H](CO[C@H]4O[C@H](CO)[C@@H](O)[C@H](O)[C@@H]4O[C@@H]4O[C@H](CO)[C@@H](O)[C@H](O)[C@H]4NC(C)=O)[C@H]3O)O[C@H](CO)[C@@H](O)[C@@H]2O)O[C@H](CO)[C@@H](O)[C@@H]1O[C@@H]1O[C@H](CO)[C@H](O)[C@H](O[C@]2(C(=O)O)C[C@H](O)[C@@H](NC(C)=O)[C@H]([C@H](O)[C@H](O)CO)O2)[C@H]1O. The Bertz CT molecular complexity index is 3670. The van der Waals surface area contributed by atoms with E-state index in [-0.39, 0.29) is 0 Å². The van der Waals surface area contributed by atoms with Crippen LogP contribution in [0, 0.1) is 0 Å². The molecule has 33 N–H and O–H groups in total. The van der Waals surface area contributed by atoms with Crippen molar-refractivity contribution in [1.82, 2.24) is 26.6 Å². The number of rotatable bonds is 35. The number of hydrogen-bond acceptors (Lipinski definition) is 52. The zero-order valence-electron chi connectivity index (χ0n) is 70.7.